The molecule has 2 aromatic heterocycles. The Morgan fingerprint density at radius 1 is 0.892 bits per heavy atom. The van der Waals surface area contributed by atoms with Gasteiger partial charge in [-0.1, -0.05) is 54.1 Å². The summed E-state index contributed by atoms with van der Waals surface area (Å²) in [5.41, 5.74) is 5.37. The summed E-state index contributed by atoms with van der Waals surface area (Å²) in [4.78, 5) is 16.7. The van der Waals surface area contributed by atoms with Gasteiger partial charge in [0.25, 0.3) is 0 Å². The van der Waals surface area contributed by atoms with Crippen LogP contribution in [0.5, 0.6) is 11.5 Å². The molecule has 7 nitrogen and oxygen atoms in total. The van der Waals surface area contributed by atoms with Crippen LogP contribution in [0, 0.1) is 0 Å². The predicted octanol–water partition coefficient (Wildman–Crippen LogP) is 4.28. The van der Waals surface area contributed by atoms with Gasteiger partial charge in [0.1, 0.15) is 23.4 Å². The topological polar surface area (TPSA) is 67.7 Å². The van der Waals surface area contributed by atoms with E-state index in [4.69, 9.17) is 26.1 Å². The van der Waals surface area contributed by atoms with E-state index in [0.29, 0.717) is 11.5 Å². The van der Waals surface area contributed by atoms with E-state index in [9.17, 15) is 0 Å². The molecule has 1 aliphatic rings. The number of aromatic nitrogens is 3. The summed E-state index contributed by atoms with van der Waals surface area (Å²) in [6.07, 6.45) is 1.65. The molecule has 0 radical (unpaired) electrons. The van der Waals surface area contributed by atoms with Crippen molar-refractivity contribution in [1.29, 1.82) is 0 Å². The van der Waals surface area contributed by atoms with Gasteiger partial charge in [-0.05, 0) is 18.2 Å². The van der Waals surface area contributed by atoms with E-state index in [1.807, 2.05) is 24.3 Å². The second-order valence-electron chi connectivity index (χ2n) is 9.34. The van der Waals surface area contributed by atoms with Gasteiger partial charge in [0.2, 0.25) is 0 Å². The van der Waals surface area contributed by atoms with E-state index >= 15 is 0 Å². The van der Waals surface area contributed by atoms with Gasteiger partial charge in [0.15, 0.2) is 17.3 Å². The van der Waals surface area contributed by atoms with Crippen molar-refractivity contribution in [2.75, 3.05) is 45.3 Å². The number of piperazine rings is 1. The first-order chi connectivity index (χ1) is 18.2. The Morgan fingerprint density at radius 2 is 1.57 bits per heavy atom. The maximum atomic E-state index is 6.20. The Labute approximate surface area is 220 Å². The standard InChI is InChI=1S/C29H28ClN5O2/c1-36-24-16-22-23(17-25(24)37-2)33-27-26(22)31-18-32-29(27)35-14-12-34(13-15-35)28(19-6-4-3-5-7-19)20-8-10-21(30)11-9-20/h3-11,16-18,28,33H,12-15H2,1-2H3/p+1/t28-/m1/s1. The van der Waals surface area contributed by atoms with Crippen LogP contribution in [0.25, 0.3) is 21.9 Å². The molecule has 37 heavy (non-hydrogen) atoms. The molecule has 0 spiro atoms. The van der Waals surface area contributed by atoms with E-state index in [1.165, 1.54) is 16.0 Å². The zero-order valence-corrected chi connectivity index (χ0v) is 21.6. The summed E-state index contributed by atoms with van der Waals surface area (Å²) in [7, 11) is 3.29. The van der Waals surface area contributed by atoms with Crippen molar-refractivity contribution in [3.63, 3.8) is 0 Å². The number of halogens is 1. The Kier molecular flexibility index (Phi) is 6.32. The van der Waals surface area contributed by atoms with Crippen molar-refractivity contribution in [3.8, 4) is 11.5 Å². The third-order valence-corrected chi connectivity index (χ3v) is 7.57. The summed E-state index contributed by atoms with van der Waals surface area (Å²) in [6, 6.07) is 23.2. The molecule has 1 aliphatic heterocycles. The first kappa shape index (κ1) is 23.6. The molecule has 3 aromatic carbocycles. The molecule has 2 N–H and O–H groups in total. The first-order valence-corrected chi connectivity index (χ1v) is 12.8. The lowest BCUT2D eigenvalue weighted by Crippen LogP contribution is -3.15. The third kappa shape index (κ3) is 4.34. The minimum Gasteiger partial charge on any atom is -0.493 e. The maximum absolute atomic E-state index is 6.20. The van der Waals surface area contributed by atoms with E-state index in [0.717, 1.165) is 59.0 Å². The molecule has 3 heterocycles. The Hall–Kier alpha value is -3.81. The van der Waals surface area contributed by atoms with Crippen molar-refractivity contribution in [2.45, 2.75) is 6.04 Å². The van der Waals surface area contributed by atoms with Gasteiger partial charge in [-0.2, -0.15) is 0 Å². The van der Waals surface area contributed by atoms with Gasteiger partial charge in [-0.15, -0.1) is 0 Å². The number of ether oxygens (including phenoxy) is 2. The van der Waals surface area contributed by atoms with Gasteiger partial charge in [0.05, 0.1) is 45.9 Å². The summed E-state index contributed by atoms with van der Waals surface area (Å²) < 4.78 is 11.0. The van der Waals surface area contributed by atoms with Gasteiger partial charge in [-0.3, -0.25) is 0 Å². The summed E-state index contributed by atoms with van der Waals surface area (Å²) >= 11 is 6.20. The molecular formula is C29H29ClN5O2+. The fraction of sp³-hybridized carbons (Fsp3) is 0.241. The number of H-pyrrole nitrogens is 1. The van der Waals surface area contributed by atoms with Crippen LogP contribution in [0.3, 0.4) is 0 Å². The fourth-order valence-corrected chi connectivity index (χ4v) is 5.63. The van der Waals surface area contributed by atoms with Gasteiger partial charge in [-0.25, -0.2) is 9.97 Å². The molecule has 6 rings (SSSR count). The normalized spacial score (nSPS) is 15.3. The molecule has 188 valence electrons. The average Bonchev–Trinajstić information content (AvgIpc) is 3.32. The zero-order valence-electron chi connectivity index (χ0n) is 20.9. The molecule has 1 atom stereocenters. The van der Waals surface area contributed by atoms with E-state index in [-0.39, 0.29) is 6.04 Å². The second-order valence-corrected chi connectivity index (χ2v) is 9.78. The van der Waals surface area contributed by atoms with E-state index < -0.39 is 0 Å². The molecule has 1 saturated heterocycles. The SMILES string of the molecule is COc1cc2[nH]c3c(N4CC[NH+]([C@H](c5ccccc5)c5ccc(Cl)cc5)CC4)ncnc3c2cc1OC. The van der Waals surface area contributed by atoms with Gasteiger partial charge < -0.3 is 24.3 Å². The number of hydrogen-bond acceptors (Lipinski definition) is 5. The largest absolute Gasteiger partial charge is 0.493 e. The van der Waals surface area contributed by atoms with Crippen molar-refractivity contribution in [2.24, 2.45) is 0 Å². The molecule has 0 amide bonds. The lowest BCUT2D eigenvalue weighted by Gasteiger charge is -2.37. The van der Waals surface area contributed by atoms with Crippen LogP contribution in [0.2, 0.25) is 5.02 Å². The lowest BCUT2D eigenvalue weighted by molar-refractivity contribution is -0.926. The van der Waals surface area contributed by atoms with Crippen molar-refractivity contribution < 1.29 is 14.4 Å². The van der Waals surface area contributed by atoms with Crippen molar-refractivity contribution in [1.82, 2.24) is 15.0 Å². The molecule has 5 aromatic rings. The Bertz CT molecular complexity index is 1530. The van der Waals surface area contributed by atoms with Crippen LogP contribution < -0.4 is 19.3 Å². The van der Waals surface area contributed by atoms with Crippen LogP contribution in [-0.2, 0) is 0 Å². The minimum absolute atomic E-state index is 0.249. The van der Waals surface area contributed by atoms with Crippen LogP contribution in [-0.4, -0.2) is 55.4 Å². The van der Waals surface area contributed by atoms with E-state index in [1.54, 1.807) is 20.5 Å². The number of quaternary nitrogens is 1. The number of rotatable bonds is 6. The van der Waals surface area contributed by atoms with Crippen molar-refractivity contribution >= 4 is 39.4 Å². The Balaban J connectivity index is 1.30. The van der Waals surface area contributed by atoms with Crippen LogP contribution in [0.15, 0.2) is 73.1 Å². The number of benzene rings is 3. The number of hydrogen-bond donors (Lipinski definition) is 2. The molecule has 1 fully saturated rings. The number of fused-ring (bicyclic) bond motifs is 3. The molecular weight excluding hydrogens is 486 g/mol. The van der Waals surface area contributed by atoms with Crippen molar-refractivity contribution in [3.05, 3.63) is 89.2 Å². The zero-order chi connectivity index (χ0) is 25.4. The fourth-order valence-electron chi connectivity index (χ4n) is 5.51. The first-order valence-electron chi connectivity index (χ1n) is 12.4. The summed E-state index contributed by atoms with van der Waals surface area (Å²) in [5.74, 6) is 2.30. The molecule has 0 bridgehead atoms. The highest BCUT2D eigenvalue weighted by Gasteiger charge is 2.31. The number of methoxy groups -OCH3 is 2. The molecule has 8 heteroatoms. The quantitative estimate of drug-likeness (QED) is 0.354. The minimum atomic E-state index is 0.249. The monoisotopic (exact) mass is 514 g/mol. The van der Waals surface area contributed by atoms with Crippen LogP contribution in [0.4, 0.5) is 5.82 Å². The lowest BCUT2D eigenvalue weighted by atomic mass is 9.96. The summed E-state index contributed by atoms with van der Waals surface area (Å²) in [5, 5.41) is 1.75. The predicted molar refractivity (Wildman–Crippen MR) is 147 cm³/mol. The molecule has 0 saturated carbocycles. The summed E-state index contributed by atoms with van der Waals surface area (Å²) in [6.45, 7) is 3.74. The van der Waals surface area contributed by atoms with E-state index in [2.05, 4.69) is 57.3 Å². The Morgan fingerprint density at radius 3 is 2.27 bits per heavy atom. The third-order valence-electron chi connectivity index (χ3n) is 7.32. The highest BCUT2D eigenvalue weighted by molar-refractivity contribution is 6.30. The number of nitrogens with one attached hydrogen (secondary N) is 2. The highest BCUT2D eigenvalue weighted by atomic mass is 35.5. The smallest absolute Gasteiger partial charge is 0.162 e. The molecule has 0 aliphatic carbocycles. The molecule has 0 unspecified atom stereocenters. The average molecular weight is 515 g/mol. The second kappa shape index (κ2) is 9.92. The van der Waals surface area contributed by atoms with Gasteiger partial charge >= 0.3 is 0 Å². The number of nitrogens with zero attached hydrogens (tertiary/aromatic N) is 3. The van der Waals surface area contributed by atoms with Crippen LogP contribution in [0.1, 0.15) is 17.2 Å². The maximum Gasteiger partial charge on any atom is 0.162 e. The highest BCUT2D eigenvalue weighted by Crippen LogP contribution is 2.37. The number of aromatic amines is 1. The van der Waals surface area contributed by atoms with Gasteiger partial charge in [0, 0.05) is 27.6 Å². The van der Waals surface area contributed by atoms with Crippen LogP contribution >= 0.6 is 11.6 Å². The number of anilines is 1.